The highest BCUT2D eigenvalue weighted by Gasteiger charge is 2.18. The Morgan fingerprint density at radius 2 is 2.13 bits per heavy atom. The van der Waals surface area contributed by atoms with Crippen LogP contribution in [0.2, 0.25) is 5.02 Å². The highest BCUT2D eigenvalue weighted by molar-refractivity contribution is 6.30. The summed E-state index contributed by atoms with van der Waals surface area (Å²) in [6.45, 7) is 0. The zero-order valence-electron chi connectivity index (χ0n) is 7.51. The van der Waals surface area contributed by atoms with Crippen LogP contribution in [-0.2, 0) is 4.79 Å². The lowest BCUT2D eigenvalue weighted by atomic mass is 10.0. The van der Waals surface area contributed by atoms with E-state index < -0.39 is 35.1 Å². The summed E-state index contributed by atoms with van der Waals surface area (Å²) in [6.07, 6.45) is -0.446. The lowest BCUT2D eigenvalue weighted by Gasteiger charge is -2.11. The van der Waals surface area contributed by atoms with Gasteiger partial charge in [-0.1, -0.05) is 17.7 Å². The van der Waals surface area contributed by atoms with Crippen molar-refractivity contribution in [2.45, 2.75) is 12.5 Å². The minimum atomic E-state index is -1.16. The molecule has 0 saturated carbocycles. The maximum Gasteiger partial charge on any atom is 0.305 e. The number of carboxylic acid groups (broad SMARTS) is 1. The van der Waals surface area contributed by atoms with E-state index in [1.807, 2.05) is 0 Å². The standard InChI is InChI=1S/C9H8ClF2NO2/c10-8-5(11)2-1-4(9(8)12)6(13)3-7(14)15/h1-2,6H,3,13H2,(H,14,15)/t6-/m0/s1. The van der Waals surface area contributed by atoms with Crippen molar-refractivity contribution >= 4 is 17.6 Å². The van der Waals surface area contributed by atoms with Crippen molar-refractivity contribution in [3.63, 3.8) is 0 Å². The molecule has 0 saturated heterocycles. The molecule has 1 rings (SSSR count). The number of carbonyl (C=O) groups is 1. The first-order valence-corrected chi connectivity index (χ1v) is 4.42. The molecular formula is C9H8ClF2NO2. The molecule has 1 aromatic rings. The molecule has 0 aliphatic heterocycles. The molecule has 0 radical (unpaired) electrons. The van der Waals surface area contributed by atoms with Gasteiger partial charge in [0.15, 0.2) is 0 Å². The van der Waals surface area contributed by atoms with E-state index in [0.717, 1.165) is 12.1 Å². The molecule has 0 aromatic heterocycles. The van der Waals surface area contributed by atoms with Crippen LogP contribution in [0.5, 0.6) is 0 Å². The second-order valence-corrected chi connectivity index (χ2v) is 3.35. The summed E-state index contributed by atoms with van der Waals surface area (Å²) in [5.74, 6) is -3.08. The summed E-state index contributed by atoms with van der Waals surface area (Å²) in [6, 6.07) is 0.993. The van der Waals surface area contributed by atoms with Crippen LogP contribution in [-0.4, -0.2) is 11.1 Å². The van der Waals surface area contributed by atoms with Crippen LogP contribution >= 0.6 is 11.6 Å². The highest BCUT2D eigenvalue weighted by Crippen LogP contribution is 2.26. The third kappa shape index (κ3) is 2.64. The van der Waals surface area contributed by atoms with Gasteiger partial charge in [-0.05, 0) is 6.07 Å². The van der Waals surface area contributed by atoms with Crippen molar-refractivity contribution in [3.05, 3.63) is 34.4 Å². The first-order chi connectivity index (χ1) is 6.93. The maximum atomic E-state index is 13.3. The zero-order valence-corrected chi connectivity index (χ0v) is 8.26. The van der Waals surface area contributed by atoms with Crippen molar-refractivity contribution in [2.75, 3.05) is 0 Å². The lowest BCUT2D eigenvalue weighted by molar-refractivity contribution is -0.137. The van der Waals surface area contributed by atoms with Gasteiger partial charge in [0.2, 0.25) is 0 Å². The Labute approximate surface area is 89.5 Å². The van der Waals surface area contributed by atoms with Crippen molar-refractivity contribution < 1.29 is 18.7 Å². The minimum absolute atomic E-state index is 0.108. The maximum absolute atomic E-state index is 13.3. The smallest absolute Gasteiger partial charge is 0.305 e. The molecule has 3 N–H and O–H groups in total. The summed E-state index contributed by atoms with van der Waals surface area (Å²) in [7, 11) is 0. The van der Waals surface area contributed by atoms with Crippen LogP contribution in [0.1, 0.15) is 18.0 Å². The average Bonchev–Trinajstić information content (AvgIpc) is 2.13. The van der Waals surface area contributed by atoms with E-state index in [4.69, 9.17) is 22.4 Å². The van der Waals surface area contributed by atoms with E-state index in [0.29, 0.717) is 0 Å². The van der Waals surface area contributed by atoms with Crippen LogP contribution in [0, 0.1) is 11.6 Å². The molecule has 15 heavy (non-hydrogen) atoms. The molecule has 3 nitrogen and oxygen atoms in total. The van der Waals surface area contributed by atoms with E-state index in [1.54, 1.807) is 0 Å². The predicted molar refractivity (Wildman–Crippen MR) is 50.5 cm³/mol. The third-order valence-corrected chi connectivity index (χ3v) is 2.21. The number of halogens is 3. The summed E-state index contributed by atoms with van der Waals surface area (Å²) < 4.78 is 26.1. The Balaban J connectivity index is 3.05. The van der Waals surface area contributed by atoms with E-state index in [2.05, 4.69) is 0 Å². The second-order valence-electron chi connectivity index (χ2n) is 2.97. The fourth-order valence-corrected chi connectivity index (χ4v) is 1.30. The van der Waals surface area contributed by atoms with Gasteiger partial charge >= 0.3 is 5.97 Å². The molecule has 82 valence electrons. The van der Waals surface area contributed by atoms with Crippen LogP contribution in [0.15, 0.2) is 12.1 Å². The van der Waals surface area contributed by atoms with Gasteiger partial charge in [-0.3, -0.25) is 4.79 Å². The Morgan fingerprint density at radius 3 is 2.67 bits per heavy atom. The first kappa shape index (κ1) is 11.9. The SMILES string of the molecule is N[C@@H](CC(=O)O)c1ccc(F)c(Cl)c1F. The van der Waals surface area contributed by atoms with Crippen LogP contribution in [0.25, 0.3) is 0 Å². The summed E-state index contributed by atoms with van der Waals surface area (Å²) in [4.78, 5) is 10.3. The van der Waals surface area contributed by atoms with E-state index in [1.165, 1.54) is 0 Å². The predicted octanol–water partition coefficient (Wildman–Crippen LogP) is 2.09. The molecule has 0 aliphatic rings. The number of hydrogen-bond donors (Lipinski definition) is 2. The number of benzene rings is 1. The largest absolute Gasteiger partial charge is 0.481 e. The summed E-state index contributed by atoms with van der Waals surface area (Å²) in [5.41, 5.74) is 5.31. The highest BCUT2D eigenvalue weighted by atomic mass is 35.5. The molecule has 0 spiro atoms. The lowest BCUT2D eigenvalue weighted by Crippen LogP contribution is -2.16. The Bertz CT molecular complexity index is 398. The van der Waals surface area contributed by atoms with Gasteiger partial charge in [-0.25, -0.2) is 8.78 Å². The second kappa shape index (κ2) is 4.55. The number of rotatable bonds is 3. The van der Waals surface area contributed by atoms with Gasteiger partial charge in [-0.2, -0.15) is 0 Å². The molecule has 0 unspecified atom stereocenters. The Hall–Kier alpha value is -1.20. The van der Waals surface area contributed by atoms with Crippen LogP contribution < -0.4 is 5.73 Å². The molecule has 6 heteroatoms. The van der Waals surface area contributed by atoms with E-state index >= 15 is 0 Å². The number of carboxylic acids is 1. The fraction of sp³-hybridized carbons (Fsp3) is 0.222. The topological polar surface area (TPSA) is 63.3 Å². The van der Waals surface area contributed by atoms with E-state index in [9.17, 15) is 13.6 Å². The number of aliphatic carboxylic acids is 1. The Morgan fingerprint density at radius 1 is 1.53 bits per heavy atom. The van der Waals surface area contributed by atoms with Gasteiger partial charge in [0.25, 0.3) is 0 Å². The zero-order chi connectivity index (χ0) is 11.6. The summed E-state index contributed by atoms with van der Waals surface area (Å²) in [5, 5.41) is 7.78. The monoisotopic (exact) mass is 235 g/mol. The summed E-state index contributed by atoms with van der Waals surface area (Å²) >= 11 is 5.31. The van der Waals surface area contributed by atoms with Gasteiger partial charge in [0, 0.05) is 11.6 Å². The molecule has 0 aliphatic carbocycles. The van der Waals surface area contributed by atoms with Gasteiger partial charge in [0.1, 0.15) is 16.7 Å². The number of hydrogen-bond acceptors (Lipinski definition) is 2. The number of nitrogens with two attached hydrogens (primary N) is 1. The quantitative estimate of drug-likeness (QED) is 0.789. The first-order valence-electron chi connectivity index (χ1n) is 4.04. The molecular weight excluding hydrogens is 228 g/mol. The normalized spacial score (nSPS) is 12.5. The van der Waals surface area contributed by atoms with E-state index in [-0.39, 0.29) is 5.56 Å². The van der Waals surface area contributed by atoms with Gasteiger partial charge in [-0.15, -0.1) is 0 Å². The van der Waals surface area contributed by atoms with Crippen molar-refractivity contribution in [2.24, 2.45) is 5.73 Å². The minimum Gasteiger partial charge on any atom is -0.481 e. The molecule has 1 aromatic carbocycles. The van der Waals surface area contributed by atoms with Gasteiger partial charge < -0.3 is 10.8 Å². The Kier molecular flexibility index (Phi) is 3.60. The van der Waals surface area contributed by atoms with Gasteiger partial charge in [0.05, 0.1) is 6.42 Å². The average molecular weight is 236 g/mol. The molecule has 0 amide bonds. The van der Waals surface area contributed by atoms with Crippen molar-refractivity contribution in [3.8, 4) is 0 Å². The molecule has 0 heterocycles. The molecule has 0 bridgehead atoms. The third-order valence-electron chi connectivity index (χ3n) is 1.86. The molecule has 1 atom stereocenters. The van der Waals surface area contributed by atoms with Crippen molar-refractivity contribution in [1.29, 1.82) is 0 Å². The molecule has 0 fully saturated rings. The van der Waals surface area contributed by atoms with Crippen LogP contribution in [0.3, 0.4) is 0 Å². The van der Waals surface area contributed by atoms with Crippen molar-refractivity contribution in [1.82, 2.24) is 0 Å². The van der Waals surface area contributed by atoms with Crippen LogP contribution in [0.4, 0.5) is 8.78 Å². The fourth-order valence-electron chi connectivity index (χ4n) is 1.13.